The maximum absolute atomic E-state index is 9.08. The highest BCUT2D eigenvalue weighted by Crippen LogP contribution is 2.28. The van der Waals surface area contributed by atoms with Gasteiger partial charge in [-0.25, -0.2) is 0 Å². The molecule has 188 valence electrons. The number of nitrogens with two attached hydrogens (primary N) is 2. The number of fused-ring (bicyclic) bond motifs is 2. The fourth-order valence-electron chi connectivity index (χ4n) is 4.08. The Hall–Kier alpha value is -4.10. The van der Waals surface area contributed by atoms with Crippen molar-refractivity contribution >= 4 is 61.4 Å². The molecule has 0 saturated carbocycles. The van der Waals surface area contributed by atoms with Crippen molar-refractivity contribution in [3.05, 3.63) is 138 Å². The molecule has 6 N–H and O–H groups in total. The zero-order chi connectivity index (χ0) is 26.9. The molecule has 0 saturated heterocycles. The summed E-state index contributed by atoms with van der Waals surface area (Å²) >= 11 is 3.29. The Morgan fingerprint density at radius 3 is 1.55 bits per heavy atom. The molecule has 0 amide bonds. The molecule has 0 aliphatic rings. The third kappa shape index (κ3) is 7.02. The van der Waals surface area contributed by atoms with Gasteiger partial charge < -0.3 is 21.5 Å². The minimum Gasteiger partial charge on any atom is -0.423 e. The quantitative estimate of drug-likeness (QED) is 0.140. The van der Waals surface area contributed by atoms with Crippen molar-refractivity contribution < 1.29 is 10.0 Å². The van der Waals surface area contributed by atoms with Crippen LogP contribution in [0, 0.1) is 0 Å². The SMILES string of the molecule is Nc1ccc(-c2cccc3ccccc23)cc1.Nc1ccc(Br)cc1.OB(O)c1cccc2ccccc12. The van der Waals surface area contributed by atoms with Gasteiger partial charge in [0.2, 0.25) is 0 Å². The Kier molecular flexibility index (Phi) is 9.17. The lowest BCUT2D eigenvalue weighted by atomic mass is 9.77. The second kappa shape index (κ2) is 12.9. The van der Waals surface area contributed by atoms with Gasteiger partial charge in [0.05, 0.1) is 0 Å². The van der Waals surface area contributed by atoms with E-state index in [0.29, 0.717) is 5.46 Å². The van der Waals surface area contributed by atoms with Crippen LogP contribution in [0.15, 0.2) is 138 Å². The van der Waals surface area contributed by atoms with Crippen LogP contribution in [-0.4, -0.2) is 17.2 Å². The number of benzene rings is 6. The summed E-state index contributed by atoms with van der Waals surface area (Å²) in [5.74, 6) is 0. The average Bonchev–Trinajstić information content (AvgIpc) is 2.95. The van der Waals surface area contributed by atoms with Crippen LogP contribution in [0.3, 0.4) is 0 Å². The van der Waals surface area contributed by atoms with E-state index < -0.39 is 7.12 Å². The fourth-order valence-corrected chi connectivity index (χ4v) is 4.34. The lowest BCUT2D eigenvalue weighted by Gasteiger charge is -2.06. The molecule has 0 fully saturated rings. The van der Waals surface area contributed by atoms with E-state index in [-0.39, 0.29) is 0 Å². The van der Waals surface area contributed by atoms with Crippen LogP contribution in [-0.2, 0) is 0 Å². The summed E-state index contributed by atoms with van der Waals surface area (Å²) < 4.78 is 1.06. The molecule has 6 aromatic rings. The van der Waals surface area contributed by atoms with E-state index >= 15 is 0 Å². The molecule has 4 nitrogen and oxygen atoms in total. The predicted octanol–water partition coefficient (Wildman–Crippen LogP) is 6.64. The van der Waals surface area contributed by atoms with Gasteiger partial charge in [-0.15, -0.1) is 0 Å². The summed E-state index contributed by atoms with van der Waals surface area (Å²) in [5.41, 5.74) is 15.7. The Labute approximate surface area is 231 Å². The first-order chi connectivity index (χ1) is 18.4. The van der Waals surface area contributed by atoms with E-state index in [0.717, 1.165) is 26.6 Å². The molecule has 0 aromatic heterocycles. The van der Waals surface area contributed by atoms with Crippen molar-refractivity contribution in [2.45, 2.75) is 0 Å². The van der Waals surface area contributed by atoms with E-state index in [1.54, 1.807) is 6.07 Å². The molecule has 0 bridgehead atoms. The van der Waals surface area contributed by atoms with Crippen LogP contribution < -0.4 is 16.9 Å². The summed E-state index contributed by atoms with van der Waals surface area (Å²) in [6.45, 7) is 0. The molecule has 0 aliphatic carbocycles. The van der Waals surface area contributed by atoms with Gasteiger partial charge in [-0.05, 0) is 74.5 Å². The summed E-state index contributed by atoms with van der Waals surface area (Å²) in [4.78, 5) is 0. The first-order valence-corrected chi connectivity index (χ1v) is 12.9. The van der Waals surface area contributed by atoms with E-state index in [2.05, 4.69) is 70.5 Å². The molecule has 6 heteroatoms. The molecule has 6 rings (SSSR count). The standard InChI is InChI=1S/C16H13N.C10H9BO2.C6H6BrN/c17-14-10-8-13(9-11-14)16-7-3-5-12-4-1-2-6-15(12)16;12-11(13)10-7-3-5-8-4-1-2-6-9(8)10;7-5-1-3-6(8)4-2-5/h1-11H,17H2;1-7,12-13H;1-4H,8H2. The summed E-state index contributed by atoms with van der Waals surface area (Å²) in [6, 6.07) is 43.5. The zero-order valence-corrected chi connectivity index (χ0v) is 22.3. The highest BCUT2D eigenvalue weighted by molar-refractivity contribution is 9.10. The molecule has 0 radical (unpaired) electrons. The molecule has 0 unspecified atom stereocenters. The van der Waals surface area contributed by atoms with Gasteiger partial charge in [-0.2, -0.15) is 0 Å². The Bertz CT molecular complexity index is 1590. The van der Waals surface area contributed by atoms with Gasteiger partial charge in [0.1, 0.15) is 0 Å². The van der Waals surface area contributed by atoms with Gasteiger partial charge >= 0.3 is 7.12 Å². The molecule has 0 spiro atoms. The van der Waals surface area contributed by atoms with Crippen LogP contribution >= 0.6 is 15.9 Å². The molecule has 38 heavy (non-hydrogen) atoms. The Morgan fingerprint density at radius 1 is 0.500 bits per heavy atom. The van der Waals surface area contributed by atoms with Crippen LogP contribution in [0.1, 0.15) is 0 Å². The third-order valence-corrected chi connectivity index (χ3v) is 6.51. The average molecular weight is 563 g/mol. The summed E-state index contributed by atoms with van der Waals surface area (Å²) in [6.07, 6.45) is 0. The topological polar surface area (TPSA) is 92.5 Å². The monoisotopic (exact) mass is 562 g/mol. The predicted molar refractivity (Wildman–Crippen MR) is 166 cm³/mol. The maximum atomic E-state index is 9.08. The van der Waals surface area contributed by atoms with E-state index in [1.807, 2.05) is 72.8 Å². The minimum absolute atomic E-state index is 0.554. The van der Waals surface area contributed by atoms with Crippen molar-refractivity contribution in [2.24, 2.45) is 0 Å². The van der Waals surface area contributed by atoms with Crippen molar-refractivity contribution in [2.75, 3.05) is 11.5 Å². The summed E-state index contributed by atoms with van der Waals surface area (Å²) in [7, 11) is -1.40. The molecule has 6 aromatic carbocycles. The molecular weight excluding hydrogens is 535 g/mol. The van der Waals surface area contributed by atoms with Gasteiger partial charge in [0.15, 0.2) is 0 Å². The molecular formula is C32H28BBrN2O2. The van der Waals surface area contributed by atoms with Crippen molar-refractivity contribution in [1.29, 1.82) is 0 Å². The first-order valence-electron chi connectivity index (χ1n) is 12.1. The Morgan fingerprint density at radius 2 is 0.974 bits per heavy atom. The van der Waals surface area contributed by atoms with E-state index in [9.17, 15) is 0 Å². The number of hydrogen-bond acceptors (Lipinski definition) is 4. The normalized spacial score (nSPS) is 10.2. The number of anilines is 2. The van der Waals surface area contributed by atoms with Crippen LogP contribution in [0.25, 0.3) is 32.7 Å². The van der Waals surface area contributed by atoms with E-state index in [4.69, 9.17) is 21.5 Å². The van der Waals surface area contributed by atoms with Crippen molar-refractivity contribution in [1.82, 2.24) is 0 Å². The second-order valence-corrected chi connectivity index (χ2v) is 9.56. The first kappa shape index (κ1) is 27.0. The molecule has 0 aliphatic heterocycles. The Balaban J connectivity index is 0.000000142. The van der Waals surface area contributed by atoms with Crippen LogP contribution in [0.2, 0.25) is 0 Å². The lowest BCUT2D eigenvalue weighted by molar-refractivity contribution is 0.426. The largest absolute Gasteiger partial charge is 0.489 e. The van der Waals surface area contributed by atoms with Crippen LogP contribution in [0.4, 0.5) is 11.4 Å². The third-order valence-electron chi connectivity index (χ3n) is 5.98. The number of halogens is 1. The zero-order valence-electron chi connectivity index (χ0n) is 20.7. The number of nitrogen functional groups attached to an aromatic ring is 2. The summed E-state index contributed by atoms with van der Waals surface area (Å²) in [5, 5.41) is 22.6. The van der Waals surface area contributed by atoms with Gasteiger partial charge in [-0.1, -0.05) is 113 Å². The molecule has 0 atom stereocenters. The second-order valence-electron chi connectivity index (χ2n) is 8.64. The number of hydrogen-bond donors (Lipinski definition) is 4. The molecule has 0 heterocycles. The minimum atomic E-state index is -1.40. The number of rotatable bonds is 2. The smallest absolute Gasteiger partial charge is 0.423 e. The van der Waals surface area contributed by atoms with Crippen molar-refractivity contribution in [3.63, 3.8) is 0 Å². The lowest BCUT2D eigenvalue weighted by Crippen LogP contribution is -2.30. The highest BCUT2D eigenvalue weighted by Gasteiger charge is 2.13. The fraction of sp³-hybridized carbons (Fsp3) is 0. The van der Waals surface area contributed by atoms with E-state index in [1.165, 1.54) is 21.9 Å². The highest BCUT2D eigenvalue weighted by atomic mass is 79.9. The van der Waals surface area contributed by atoms with Gasteiger partial charge in [-0.3, -0.25) is 0 Å². The van der Waals surface area contributed by atoms with Gasteiger partial charge in [0.25, 0.3) is 0 Å². The van der Waals surface area contributed by atoms with Gasteiger partial charge in [0, 0.05) is 15.8 Å². The van der Waals surface area contributed by atoms with Crippen molar-refractivity contribution in [3.8, 4) is 11.1 Å². The van der Waals surface area contributed by atoms with Crippen LogP contribution in [0.5, 0.6) is 0 Å². The maximum Gasteiger partial charge on any atom is 0.489 e.